The van der Waals surface area contributed by atoms with E-state index in [0.717, 1.165) is 0 Å². The third-order valence-corrected chi connectivity index (χ3v) is 3.79. The highest BCUT2D eigenvalue weighted by Crippen LogP contribution is 2.24. The minimum absolute atomic E-state index is 0.111. The maximum absolute atomic E-state index is 12.6. The molecule has 1 saturated heterocycles. The van der Waals surface area contributed by atoms with E-state index >= 15 is 0 Å². The Balaban J connectivity index is 2.25. The van der Waals surface area contributed by atoms with Crippen LogP contribution in [-0.2, 0) is 11.8 Å². The molecule has 8 heteroatoms. The van der Waals surface area contributed by atoms with Crippen LogP contribution < -0.4 is 0 Å². The topological polar surface area (TPSA) is 77.6 Å². The summed E-state index contributed by atoms with van der Waals surface area (Å²) in [7, 11) is 1.51. The van der Waals surface area contributed by atoms with Crippen LogP contribution in [0, 0.1) is 10.1 Å². The van der Waals surface area contributed by atoms with Crippen molar-refractivity contribution in [3.8, 4) is 0 Å². The number of ether oxygens (including phenoxy) is 1. The van der Waals surface area contributed by atoms with Gasteiger partial charge in [0.05, 0.1) is 24.6 Å². The maximum atomic E-state index is 12.6. The Kier molecular flexibility index (Phi) is 4.25. The first-order valence-electron chi connectivity index (χ1n) is 6.58. The van der Waals surface area contributed by atoms with E-state index in [4.69, 9.17) is 16.3 Å². The fourth-order valence-electron chi connectivity index (χ4n) is 2.59. The number of morpholine rings is 1. The second kappa shape index (κ2) is 5.65. The average molecular weight is 316 g/mol. The monoisotopic (exact) mass is 315 g/mol. The highest BCUT2D eigenvalue weighted by Gasteiger charge is 2.37. The van der Waals surface area contributed by atoms with Gasteiger partial charge in [-0.3, -0.25) is 4.79 Å². The van der Waals surface area contributed by atoms with Gasteiger partial charge in [0.2, 0.25) is 0 Å². The molecule has 1 aromatic heterocycles. The number of rotatable bonds is 3. The van der Waals surface area contributed by atoms with Crippen molar-refractivity contribution in [1.29, 1.82) is 0 Å². The summed E-state index contributed by atoms with van der Waals surface area (Å²) in [5, 5.41) is 10.9. The van der Waals surface area contributed by atoms with Crippen LogP contribution in [0.4, 0.5) is 5.82 Å². The molecule has 1 aliphatic heterocycles. The van der Waals surface area contributed by atoms with Crippen LogP contribution in [0.1, 0.15) is 24.3 Å². The molecule has 2 rings (SSSR count). The van der Waals surface area contributed by atoms with Gasteiger partial charge < -0.3 is 19.8 Å². The standard InChI is InChI=1S/C13H18ClN3O4/c1-13(2)8-16(7-9(6-14)21-13)12(18)10-4-5-11(15(10)3)17(19)20/h4-5,9H,6-8H2,1-3H3. The number of amides is 1. The first-order chi connectivity index (χ1) is 9.75. The summed E-state index contributed by atoms with van der Waals surface area (Å²) < 4.78 is 7.06. The fourth-order valence-corrected chi connectivity index (χ4v) is 2.75. The van der Waals surface area contributed by atoms with Crippen molar-refractivity contribution in [1.82, 2.24) is 9.47 Å². The molecule has 0 aliphatic carbocycles. The SMILES string of the molecule is Cn1c(C(=O)N2CC(CCl)OC(C)(C)C2)ccc1[N+](=O)[O-]. The van der Waals surface area contributed by atoms with Gasteiger partial charge in [0, 0.05) is 19.2 Å². The van der Waals surface area contributed by atoms with Crippen LogP contribution in [0.2, 0.25) is 0 Å². The Hall–Kier alpha value is -1.60. The summed E-state index contributed by atoms with van der Waals surface area (Å²) in [4.78, 5) is 24.6. The molecule has 0 bridgehead atoms. The third kappa shape index (κ3) is 3.19. The normalized spacial score (nSPS) is 21.3. The largest absolute Gasteiger partial charge is 0.367 e. The number of halogens is 1. The molecule has 116 valence electrons. The summed E-state index contributed by atoms with van der Waals surface area (Å²) in [5.74, 6) is -0.0719. The van der Waals surface area contributed by atoms with E-state index in [0.29, 0.717) is 19.0 Å². The Labute approximate surface area is 127 Å². The zero-order valence-electron chi connectivity index (χ0n) is 12.2. The van der Waals surface area contributed by atoms with E-state index < -0.39 is 10.5 Å². The number of aromatic nitrogens is 1. The van der Waals surface area contributed by atoms with Gasteiger partial charge in [-0.05, 0) is 24.8 Å². The maximum Gasteiger partial charge on any atom is 0.323 e. The van der Waals surface area contributed by atoms with Crippen LogP contribution in [-0.4, -0.2) is 51.0 Å². The van der Waals surface area contributed by atoms with E-state index in [1.54, 1.807) is 4.90 Å². The minimum Gasteiger partial charge on any atom is -0.367 e. The zero-order chi connectivity index (χ0) is 15.8. The molecule has 0 radical (unpaired) electrons. The minimum atomic E-state index is -0.512. The van der Waals surface area contributed by atoms with E-state index in [1.165, 1.54) is 23.7 Å². The lowest BCUT2D eigenvalue weighted by molar-refractivity contribution is -0.391. The molecule has 7 nitrogen and oxygen atoms in total. The van der Waals surface area contributed by atoms with Gasteiger partial charge >= 0.3 is 5.82 Å². The van der Waals surface area contributed by atoms with Gasteiger partial charge in [0.1, 0.15) is 0 Å². The van der Waals surface area contributed by atoms with Crippen LogP contribution in [0.3, 0.4) is 0 Å². The van der Waals surface area contributed by atoms with Crippen molar-refractivity contribution >= 4 is 23.3 Å². The second-order valence-electron chi connectivity index (χ2n) is 5.73. The molecule has 0 N–H and O–H groups in total. The average Bonchev–Trinajstić information content (AvgIpc) is 2.77. The van der Waals surface area contributed by atoms with Crippen molar-refractivity contribution in [2.45, 2.75) is 25.6 Å². The first-order valence-corrected chi connectivity index (χ1v) is 7.12. The molecule has 1 unspecified atom stereocenters. The summed E-state index contributed by atoms with van der Waals surface area (Å²) in [6.07, 6.45) is -0.241. The van der Waals surface area contributed by atoms with Crippen molar-refractivity contribution in [2.75, 3.05) is 19.0 Å². The first kappa shape index (κ1) is 15.8. The van der Waals surface area contributed by atoms with Gasteiger partial charge in [-0.15, -0.1) is 11.6 Å². The van der Waals surface area contributed by atoms with E-state index in [1.807, 2.05) is 13.8 Å². The smallest absolute Gasteiger partial charge is 0.323 e. The number of alkyl halides is 1. The second-order valence-corrected chi connectivity index (χ2v) is 6.04. The number of nitro groups is 1. The van der Waals surface area contributed by atoms with Crippen LogP contribution >= 0.6 is 11.6 Å². The highest BCUT2D eigenvalue weighted by molar-refractivity contribution is 6.18. The molecule has 1 atom stereocenters. The summed E-state index contributed by atoms with van der Waals surface area (Å²) in [5.41, 5.74) is -0.211. The molecule has 0 aromatic carbocycles. The third-order valence-electron chi connectivity index (χ3n) is 3.44. The number of carbonyl (C=O) groups excluding carboxylic acids is 1. The van der Waals surface area contributed by atoms with E-state index in [9.17, 15) is 14.9 Å². The number of hydrogen-bond acceptors (Lipinski definition) is 4. The van der Waals surface area contributed by atoms with E-state index in [-0.39, 0.29) is 23.5 Å². The summed E-state index contributed by atoms with van der Waals surface area (Å²) in [6.45, 7) is 4.57. The van der Waals surface area contributed by atoms with Gasteiger partial charge in [0.15, 0.2) is 5.69 Å². The molecule has 2 heterocycles. The molecule has 1 aromatic rings. The predicted molar refractivity (Wildman–Crippen MR) is 77.6 cm³/mol. The molecule has 0 saturated carbocycles. The Morgan fingerprint density at radius 1 is 1.57 bits per heavy atom. The Bertz CT molecular complexity index is 570. The van der Waals surface area contributed by atoms with Crippen LogP contribution in [0.5, 0.6) is 0 Å². The lowest BCUT2D eigenvalue weighted by Gasteiger charge is -2.42. The summed E-state index contributed by atoms with van der Waals surface area (Å²) >= 11 is 5.84. The fraction of sp³-hybridized carbons (Fsp3) is 0.615. The zero-order valence-corrected chi connectivity index (χ0v) is 13.0. The van der Waals surface area contributed by atoms with Gasteiger partial charge in [-0.2, -0.15) is 0 Å². The van der Waals surface area contributed by atoms with Gasteiger partial charge in [-0.1, -0.05) is 0 Å². The lowest BCUT2D eigenvalue weighted by atomic mass is 10.1. The molecular weight excluding hydrogens is 298 g/mol. The summed E-state index contributed by atoms with van der Waals surface area (Å²) in [6, 6.07) is 2.80. The molecule has 1 aliphatic rings. The van der Waals surface area contributed by atoms with E-state index in [2.05, 4.69) is 0 Å². The number of nitrogens with zero attached hydrogens (tertiary/aromatic N) is 3. The number of hydrogen-bond donors (Lipinski definition) is 0. The van der Waals surface area contributed by atoms with Crippen LogP contribution in [0.25, 0.3) is 0 Å². The highest BCUT2D eigenvalue weighted by atomic mass is 35.5. The van der Waals surface area contributed by atoms with Crippen molar-refractivity contribution in [2.24, 2.45) is 7.05 Å². The quantitative estimate of drug-likeness (QED) is 0.484. The number of carbonyl (C=O) groups is 1. The van der Waals surface area contributed by atoms with Crippen LogP contribution in [0.15, 0.2) is 12.1 Å². The molecule has 21 heavy (non-hydrogen) atoms. The predicted octanol–water partition coefficient (Wildman–Crippen LogP) is 1.79. The molecule has 1 amide bonds. The van der Waals surface area contributed by atoms with Crippen molar-refractivity contribution < 1.29 is 14.5 Å². The van der Waals surface area contributed by atoms with Gasteiger partial charge in [-0.25, -0.2) is 4.57 Å². The molecular formula is C13H18ClN3O4. The Morgan fingerprint density at radius 2 is 2.24 bits per heavy atom. The Morgan fingerprint density at radius 3 is 2.76 bits per heavy atom. The molecule has 1 fully saturated rings. The molecule has 0 spiro atoms. The van der Waals surface area contributed by atoms with Gasteiger partial charge in [0.25, 0.3) is 5.91 Å². The van der Waals surface area contributed by atoms with Crippen molar-refractivity contribution in [3.63, 3.8) is 0 Å². The van der Waals surface area contributed by atoms with Crippen molar-refractivity contribution in [3.05, 3.63) is 27.9 Å². The lowest BCUT2D eigenvalue weighted by Crippen LogP contribution is -2.55.